The zero-order chi connectivity index (χ0) is 18.9. The van der Waals surface area contributed by atoms with E-state index in [9.17, 15) is 9.59 Å². The lowest BCUT2D eigenvalue weighted by Crippen LogP contribution is -2.39. The van der Waals surface area contributed by atoms with Crippen LogP contribution in [0.2, 0.25) is 0 Å². The van der Waals surface area contributed by atoms with Crippen molar-refractivity contribution in [3.63, 3.8) is 0 Å². The summed E-state index contributed by atoms with van der Waals surface area (Å²) >= 11 is 0. The van der Waals surface area contributed by atoms with Gasteiger partial charge in [-0.25, -0.2) is 0 Å². The molecule has 1 atom stereocenters. The molecule has 0 spiro atoms. The van der Waals surface area contributed by atoms with Gasteiger partial charge < -0.3 is 21.1 Å². The molecule has 0 heterocycles. The molecule has 0 fully saturated rings. The summed E-state index contributed by atoms with van der Waals surface area (Å²) in [7, 11) is 1.48. The number of hydrogen-bond acceptors (Lipinski definition) is 4. The SMILES string of the molecule is COCC(N)C(=O)Nc1cccc(C)c1C(=O)NCCc1ccccc1. The lowest BCUT2D eigenvalue weighted by molar-refractivity contribution is -0.118. The highest BCUT2D eigenvalue weighted by Gasteiger charge is 2.19. The van der Waals surface area contributed by atoms with Gasteiger partial charge in [0.25, 0.3) is 5.91 Å². The van der Waals surface area contributed by atoms with Crippen LogP contribution in [0.3, 0.4) is 0 Å². The number of rotatable bonds is 8. The van der Waals surface area contributed by atoms with Crippen LogP contribution in [-0.4, -0.2) is 38.1 Å². The number of nitrogens with one attached hydrogen (secondary N) is 2. The summed E-state index contributed by atoms with van der Waals surface area (Å²) in [6, 6.07) is 14.4. The summed E-state index contributed by atoms with van der Waals surface area (Å²) in [6.45, 7) is 2.45. The number of methoxy groups -OCH3 is 1. The van der Waals surface area contributed by atoms with Crippen LogP contribution in [0.1, 0.15) is 21.5 Å². The van der Waals surface area contributed by atoms with Crippen molar-refractivity contribution in [1.82, 2.24) is 5.32 Å². The topological polar surface area (TPSA) is 93.4 Å². The number of hydrogen-bond donors (Lipinski definition) is 3. The molecule has 2 aromatic carbocycles. The lowest BCUT2D eigenvalue weighted by Gasteiger charge is -2.16. The Hall–Kier alpha value is -2.70. The van der Waals surface area contributed by atoms with Crippen LogP contribution >= 0.6 is 0 Å². The second-order valence-electron chi connectivity index (χ2n) is 6.04. The predicted molar refractivity (Wildman–Crippen MR) is 102 cm³/mol. The molecule has 2 amide bonds. The van der Waals surface area contributed by atoms with E-state index < -0.39 is 11.9 Å². The molecule has 4 N–H and O–H groups in total. The molecule has 6 heteroatoms. The fourth-order valence-electron chi connectivity index (χ4n) is 2.61. The van der Waals surface area contributed by atoms with Gasteiger partial charge in [-0.2, -0.15) is 0 Å². The Balaban J connectivity index is 2.05. The van der Waals surface area contributed by atoms with E-state index in [1.165, 1.54) is 7.11 Å². The van der Waals surface area contributed by atoms with Gasteiger partial charge in [0.05, 0.1) is 17.9 Å². The molecule has 0 aliphatic rings. The lowest BCUT2D eigenvalue weighted by atomic mass is 10.0. The van der Waals surface area contributed by atoms with E-state index in [-0.39, 0.29) is 12.5 Å². The first-order chi connectivity index (χ1) is 12.5. The molecule has 0 saturated carbocycles. The maximum Gasteiger partial charge on any atom is 0.253 e. The quantitative estimate of drug-likeness (QED) is 0.674. The third-order valence-electron chi connectivity index (χ3n) is 3.98. The molecule has 0 aromatic heterocycles. The van der Waals surface area contributed by atoms with E-state index in [2.05, 4.69) is 10.6 Å². The highest BCUT2D eigenvalue weighted by molar-refractivity contribution is 6.05. The average Bonchev–Trinajstić information content (AvgIpc) is 2.62. The molecule has 26 heavy (non-hydrogen) atoms. The van der Waals surface area contributed by atoms with Crippen LogP contribution in [0.5, 0.6) is 0 Å². The van der Waals surface area contributed by atoms with E-state index in [1.54, 1.807) is 12.1 Å². The van der Waals surface area contributed by atoms with E-state index in [1.807, 2.05) is 43.3 Å². The fraction of sp³-hybridized carbons (Fsp3) is 0.300. The van der Waals surface area contributed by atoms with E-state index in [0.717, 1.165) is 17.5 Å². The minimum absolute atomic E-state index is 0.107. The monoisotopic (exact) mass is 355 g/mol. The predicted octanol–water partition coefficient (Wildman–Crippen LogP) is 1.88. The first-order valence-corrected chi connectivity index (χ1v) is 8.50. The smallest absolute Gasteiger partial charge is 0.253 e. The molecular formula is C20H25N3O3. The van der Waals surface area contributed by atoms with Crippen molar-refractivity contribution in [2.75, 3.05) is 25.6 Å². The highest BCUT2D eigenvalue weighted by Crippen LogP contribution is 2.20. The molecule has 0 aliphatic carbocycles. The van der Waals surface area contributed by atoms with Crippen LogP contribution in [0.4, 0.5) is 5.69 Å². The fourth-order valence-corrected chi connectivity index (χ4v) is 2.61. The Kier molecular flexibility index (Phi) is 7.32. The summed E-state index contributed by atoms with van der Waals surface area (Å²) in [5, 5.41) is 5.63. The van der Waals surface area contributed by atoms with Crippen molar-refractivity contribution < 1.29 is 14.3 Å². The van der Waals surface area contributed by atoms with Crippen molar-refractivity contribution in [1.29, 1.82) is 0 Å². The third-order valence-corrected chi connectivity index (χ3v) is 3.98. The standard InChI is InChI=1S/C20H25N3O3/c1-14-7-6-10-17(23-19(24)16(21)13-26-2)18(14)20(25)22-12-11-15-8-4-3-5-9-15/h3-10,16H,11-13,21H2,1-2H3,(H,22,25)(H,23,24). The molecule has 0 aliphatic heterocycles. The van der Waals surface area contributed by atoms with E-state index in [0.29, 0.717) is 17.8 Å². The van der Waals surface area contributed by atoms with Crippen molar-refractivity contribution in [2.45, 2.75) is 19.4 Å². The van der Waals surface area contributed by atoms with Crippen LogP contribution in [0, 0.1) is 6.92 Å². The molecule has 138 valence electrons. The maximum atomic E-state index is 12.6. The van der Waals surface area contributed by atoms with Crippen LogP contribution in [0.25, 0.3) is 0 Å². The van der Waals surface area contributed by atoms with Gasteiger partial charge in [0.15, 0.2) is 0 Å². The Morgan fingerprint density at radius 2 is 1.85 bits per heavy atom. The molecule has 6 nitrogen and oxygen atoms in total. The number of anilines is 1. The molecular weight excluding hydrogens is 330 g/mol. The van der Waals surface area contributed by atoms with Crippen molar-refractivity contribution >= 4 is 17.5 Å². The van der Waals surface area contributed by atoms with Gasteiger partial charge in [-0.1, -0.05) is 42.5 Å². The summed E-state index contributed by atoms with van der Waals surface area (Å²) < 4.78 is 4.89. The second kappa shape index (κ2) is 9.70. The zero-order valence-corrected chi connectivity index (χ0v) is 15.1. The molecule has 0 bridgehead atoms. The Bertz CT molecular complexity index is 747. The van der Waals surface area contributed by atoms with Gasteiger partial charge in [-0.15, -0.1) is 0 Å². The molecule has 0 saturated heterocycles. The number of aryl methyl sites for hydroxylation is 1. The van der Waals surface area contributed by atoms with Crippen LogP contribution in [-0.2, 0) is 16.0 Å². The van der Waals surface area contributed by atoms with Crippen LogP contribution in [0.15, 0.2) is 48.5 Å². The molecule has 0 radical (unpaired) electrons. The zero-order valence-electron chi connectivity index (χ0n) is 15.1. The second-order valence-corrected chi connectivity index (χ2v) is 6.04. The van der Waals surface area contributed by atoms with Gasteiger partial charge in [-0.3, -0.25) is 9.59 Å². The number of nitrogens with two attached hydrogens (primary N) is 1. The van der Waals surface area contributed by atoms with Crippen molar-refractivity contribution in [3.8, 4) is 0 Å². The number of amides is 2. The Morgan fingerprint density at radius 3 is 2.54 bits per heavy atom. The molecule has 2 aromatic rings. The van der Waals surface area contributed by atoms with E-state index in [4.69, 9.17) is 10.5 Å². The van der Waals surface area contributed by atoms with Gasteiger partial charge in [-0.05, 0) is 30.5 Å². The number of carbonyl (C=O) groups is 2. The number of ether oxygens (including phenoxy) is 1. The first-order valence-electron chi connectivity index (χ1n) is 8.50. The third kappa shape index (κ3) is 5.40. The minimum atomic E-state index is -0.797. The van der Waals surface area contributed by atoms with Crippen molar-refractivity contribution in [3.05, 3.63) is 65.2 Å². The summed E-state index contributed by atoms with van der Waals surface area (Å²) in [5.74, 6) is -0.620. The summed E-state index contributed by atoms with van der Waals surface area (Å²) in [5.41, 5.74) is 8.56. The van der Waals surface area contributed by atoms with E-state index >= 15 is 0 Å². The highest BCUT2D eigenvalue weighted by atomic mass is 16.5. The first kappa shape index (κ1) is 19.6. The number of benzene rings is 2. The minimum Gasteiger partial charge on any atom is -0.383 e. The van der Waals surface area contributed by atoms with Gasteiger partial charge in [0.1, 0.15) is 6.04 Å². The summed E-state index contributed by atoms with van der Waals surface area (Å²) in [4.78, 5) is 24.8. The largest absolute Gasteiger partial charge is 0.383 e. The maximum absolute atomic E-state index is 12.6. The average molecular weight is 355 g/mol. The normalized spacial score (nSPS) is 11.7. The van der Waals surface area contributed by atoms with Gasteiger partial charge in [0, 0.05) is 13.7 Å². The molecule has 1 unspecified atom stereocenters. The number of carbonyl (C=O) groups excluding carboxylic acids is 2. The Morgan fingerprint density at radius 1 is 1.12 bits per heavy atom. The van der Waals surface area contributed by atoms with Crippen molar-refractivity contribution in [2.24, 2.45) is 5.73 Å². The van der Waals surface area contributed by atoms with Gasteiger partial charge in [0.2, 0.25) is 5.91 Å². The van der Waals surface area contributed by atoms with Gasteiger partial charge >= 0.3 is 0 Å². The summed E-state index contributed by atoms with van der Waals surface area (Å²) in [6.07, 6.45) is 0.735. The van der Waals surface area contributed by atoms with Crippen LogP contribution < -0.4 is 16.4 Å². The Labute approximate surface area is 153 Å². The molecule has 2 rings (SSSR count).